The van der Waals surface area contributed by atoms with Gasteiger partial charge in [-0.3, -0.25) is 9.80 Å². The number of aromatic nitrogens is 2. The van der Waals surface area contributed by atoms with Crippen LogP contribution in [0.3, 0.4) is 0 Å². The molecule has 0 saturated heterocycles. The molecule has 1 aliphatic rings. The van der Waals surface area contributed by atoms with Crippen LogP contribution < -0.4 is 32.6 Å². The van der Waals surface area contributed by atoms with Crippen LogP contribution in [0, 0.1) is 0 Å². The van der Waals surface area contributed by atoms with Crippen LogP contribution in [-0.4, -0.2) is 48.4 Å². The third-order valence-electron chi connectivity index (χ3n) is 6.87. The van der Waals surface area contributed by atoms with Crippen molar-refractivity contribution in [2.75, 3.05) is 29.8 Å². The van der Waals surface area contributed by atoms with E-state index >= 15 is 0 Å². The summed E-state index contributed by atoms with van der Waals surface area (Å²) < 4.78 is 5.07. The quantitative estimate of drug-likeness (QED) is 0.0678. The average Bonchev–Trinajstić information content (AvgIpc) is 3.00. The van der Waals surface area contributed by atoms with Crippen molar-refractivity contribution < 1.29 is 14.3 Å². The first-order valence-electron chi connectivity index (χ1n) is 13.4. The Balaban J connectivity index is 1.64. The van der Waals surface area contributed by atoms with Crippen LogP contribution in [0.5, 0.6) is 0 Å². The molecule has 42 heavy (non-hydrogen) atoms. The van der Waals surface area contributed by atoms with Crippen molar-refractivity contribution in [1.82, 2.24) is 15.3 Å². The second-order valence-electron chi connectivity index (χ2n) is 9.61. The van der Waals surface area contributed by atoms with Crippen molar-refractivity contribution in [2.24, 2.45) is 16.8 Å². The van der Waals surface area contributed by atoms with Gasteiger partial charge in [-0.15, -0.1) is 0 Å². The molecule has 1 amide bonds. The van der Waals surface area contributed by atoms with Crippen molar-refractivity contribution in [3.63, 3.8) is 0 Å². The lowest BCUT2D eigenvalue weighted by atomic mass is 9.98. The van der Waals surface area contributed by atoms with E-state index in [2.05, 4.69) is 31.0 Å². The minimum Gasteiger partial charge on any atom is -0.467 e. The lowest BCUT2D eigenvalue weighted by Crippen LogP contribution is -2.31. The second-order valence-corrected chi connectivity index (χ2v) is 10.0. The molecular formula is C29H34ClN9O3. The molecule has 0 saturated carbocycles. The summed E-state index contributed by atoms with van der Waals surface area (Å²) in [6, 6.07) is 11.7. The fraction of sp³-hybridized carbons (Fsp3) is 0.276. The number of anilines is 3. The Labute approximate surface area is 249 Å². The lowest BCUT2D eigenvalue weighted by Gasteiger charge is -2.23. The maximum absolute atomic E-state index is 13.2. The zero-order chi connectivity index (χ0) is 30.1. The van der Waals surface area contributed by atoms with E-state index in [1.165, 1.54) is 30.9 Å². The van der Waals surface area contributed by atoms with Gasteiger partial charge in [0.25, 0.3) is 0 Å². The number of hydrazine groups is 1. The molecule has 0 aliphatic carbocycles. The summed E-state index contributed by atoms with van der Waals surface area (Å²) in [7, 11) is 3.21. The number of rotatable bonds is 7. The summed E-state index contributed by atoms with van der Waals surface area (Å²) in [5.74, 6) is 10.5. The molecule has 2 atom stereocenters. The maximum Gasteiger partial charge on any atom is 0.328 e. The van der Waals surface area contributed by atoms with E-state index in [0.29, 0.717) is 40.5 Å². The van der Waals surface area contributed by atoms with Crippen LogP contribution in [0.2, 0.25) is 5.02 Å². The number of carbonyl (C=O) groups is 2. The first-order chi connectivity index (χ1) is 20.3. The summed E-state index contributed by atoms with van der Waals surface area (Å²) in [5, 5.41) is 14.7. The Morgan fingerprint density at radius 1 is 1.17 bits per heavy atom. The van der Waals surface area contributed by atoms with Crippen LogP contribution in [0.1, 0.15) is 43.0 Å². The average molecular weight is 592 g/mol. The number of hydrogen-bond acceptors (Lipinski definition) is 10. The lowest BCUT2D eigenvalue weighted by molar-refractivity contribution is -0.141. The summed E-state index contributed by atoms with van der Waals surface area (Å²) in [6.07, 6.45) is 8.34. The van der Waals surface area contributed by atoms with E-state index in [1.54, 1.807) is 24.3 Å². The Kier molecular flexibility index (Phi) is 10.3. The molecule has 0 radical (unpaired) electrons. The smallest absolute Gasteiger partial charge is 0.328 e. The number of nitrogens with two attached hydrogens (primary N) is 2. The van der Waals surface area contributed by atoms with E-state index in [-0.39, 0.29) is 11.9 Å². The first kappa shape index (κ1) is 30.3. The van der Waals surface area contributed by atoms with Crippen molar-refractivity contribution in [2.45, 2.75) is 37.8 Å². The highest BCUT2D eigenvalue weighted by molar-refractivity contribution is 6.30. The number of benzene rings is 2. The van der Waals surface area contributed by atoms with E-state index in [1.807, 2.05) is 31.3 Å². The largest absolute Gasteiger partial charge is 0.467 e. The van der Waals surface area contributed by atoms with Crippen LogP contribution in [0.15, 0.2) is 60.0 Å². The molecule has 0 fully saturated rings. The molecule has 7 N–H and O–H groups in total. The normalized spacial score (nSPS) is 17.0. The topological polar surface area (TPSA) is 173 Å². The van der Waals surface area contributed by atoms with Crippen molar-refractivity contribution in [3.05, 3.63) is 71.1 Å². The fourth-order valence-electron chi connectivity index (χ4n) is 4.74. The molecule has 2 bridgehead atoms. The molecule has 220 valence electrons. The third-order valence-corrected chi connectivity index (χ3v) is 7.11. The molecule has 2 aromatic carbocycles. The number of carbonyl (C=O) groups excluding carboxylic acids is 2. The van der Waals surface area contributed by atoms with Gasteiger partial charge in [0.1, 0.15) is 18.7 Å². The number of amides is 1. The van der Waals surface area contributed by atoms with Crippen molar-refractivity contribution in [1.29, 1.82) is 0 Å². The fourth-order valence-corrected chi connectivity index (χ4v) is 4.92. The second kappa shape index (κ2) is 14.3. The van der Waals surface area contributed by atoms with Crippen molar-refractivity contribution >= 4 is 53.0 Å². The van der Waals surface area contributed by atoms with Gasteiger partial charge in [0.15, 0.2) is 0 Å². The number of halogens is 1. The van der Waals surface area contributed by atoms with Gasteiger partial charge in [0.05, 0.1) is 30.2 Å². The van der Waals surface area contributed by atoms with E-state index in [0.717, 1.165) is 29.8 Å². The summed E-state index contributed by atoms with van der Waals surface area (Å²) in [5.41, 5.74) is 4.87. The van der Waals surface area contributed by atoms with Gasteiger partial charge in [-0.25, -0.2) is 20.6 Å². The number of nitrogens with zero attached hydrogens (tertiary/aromatic N) is 4. The Morgan fingerprint density at radius 2 is 1.98 bits per heavy atom. The maximum atomic E-state index is 13.2. The number of hydrazone groups is 1. The van der Waals surface area contributed by atoms with E-state index < -0.39 is 12.1 Å². The molecule has 0 spiro atoms. The highest BCUT2D eigenvalue weighted by Crippen LogP contribution is 2.33. The highest BCUT2D eigenvalue weighted by Gasteiger charge is 2.24. The first-order valence-corrected chi connectivity index (χ1v) is 13.7. The molecule has 13 heteroatoms. The van der Waals surface area contributed by atoms with Gasteiger partial charge >= 0.3 is 5.97 Å². The summed E-state index contributed by atoms with van der Waals surface area (Å²) >= 11 is 6.18. The molecule has 1 aliphatic heterocycles. The number of nitrogens with one attached hydrogen (secondary N) is 3. The molecule has 1 aromatic heterocycles. The summed E-state index contributed by atoms with van der Waals surface area (Å²) in [6.45, 7) is 0. The number of fused-ring (bicyclic) bond motifs is 4. The Morgan fingerprint density at radius 3 is 2.74 bits per heavy atom. The molecule has 12 nitrogen and oxygen atoms in total. The standard InChI is InChI=1S/C29H34ClN9O3/c1-33-20-9-10-21-24-15-26(35-16-34-24)22(5-3-4-6-23(29(41)42-2)37-25(21)14-20)38-28(40)12-7-18-13-19(30)8-11-27(18)39(32)17-36-31/h7-17,22-23,33,37H,3-6,31-32H2,1-2H3,(H,38,40)/b12-7+,36-17-/t22-,23?/m0/s1. The molecular weight excluding hydrogens is 558 g/mol. The minimum absolute atomic E-state index is 0.331. The predicted octanol–water partition coefficient (Wildman–Crippen LogP) is 3.82. The zero-order valence-electron chi connectivity index (χ0n) is 23.4. The SMILES string of the molecule is CNc1ccc2c(c1)NC(C(=O)OC)CCCC[C@H](NC(=O)/C=C/c1cc(Cl)ccc1N(N)/C=N\N)c1cc-2ncn1. The van der Waals surface area contributed by atoms with Crippen molar-refractivity contribution in [3.8, 4) is 11.3 Å². The Hall–Kier alpha value is -4.68. The van der Waals surface area contributed by atoms with Crippen LogP contribution in [0.4, 0.5) is 17.1 Å². The van der Waals surface area contributed by atoms with Gasteiger partial charge in [-0.2, -0.15) is 5.10 Å². The van der Waals surface area contributed by atoms with Gasteiger partial charge in [0, 0.05) is 40.6 Å². The van der Waals surface area contributed by atoms with Gasteiger partial charge in [-0.05, 0) is 61.4 Å². The molecule has 3 aromatic rings. The van der Waals surface area contributed by atoms with E-state index in [4.69, 9.17) is 28.0 Å². The number of hydrogen-bond donors (Lipinski definition) is 5. The molecule has 4 rings (SSSR count). The third kappa shape index (κ3) is 7.53. The number of ether oxygens (including phenoxy) is 1. The summed E-state index contributed by atoms with van der Waals surface area (Å²) in [4.78, 5) is 34.8. The monoisotopic (exact) mass is 591 g/mol. The van der Waals surface area contributed by atoms with Crippen LogP contribution in [0.25, 0.3) is 17.3 Å². The molecule has 1 unspecified atom stereocenters. The van der Waals surface area contributed by atoms with Crippen LogP contribution in [-0.2, 0) is 14.3 Å². The number of esters is 1. The Bertz CT molecular complexity index is 1480. The predicted molar refractivity (Wildman–Crippen MR) is 166 cm³/mol. The van der Waals surface area contributed by atoms with E-state index in [9.17, 15) is 9.59 Å². The van der Waals surface area contributed by atoms with Crippen LogP contribution >= 0.6 is 11.6 Å². The minimum atomic E-state index is -0.545. The molecule has 2 heterocycles. The number of methoxy groups -OCH3 is 1. The van der Waals surface area contributed by atoms with Gasteiger partial charge in [0.2, 0.25) is 5.91 Å². The zero-order valence-corrected chi connectivity index (χ0v) is 24.1. The highest BCUT2D eigenvalue weighted by atomic mass is 35.5. The van der Waals surface area contributed by atoms with Gasteiger partial charge in [-0.1, -0.05) is 24.4 Å². The van der Waals surface area contributed by atoms with Gasteiger partial charge < -0.3 is 26.5 Å².